The maximum Gasteiger partial charge on any atom is 0.573 e. The molecule has 106 valence electrons. The van der Waals surface area contributed by atoms with Gasteiger partial charge in [-0.1, -0.05) is 30.3 Å². The van der Waals surface area contributed by atoms with Gasteiger partial charge in [-0.15, -0.1) is 13.2 Å². The van der Waals surface area contributed by atoms with Crippen molar-refractivity contribution in [1.29, 1.82) is 0 Å². The maximum atomic E-state index is 13.6. The van der Waals surface area contributed by atoms with Gasteiger partial charge in [-0.3, -0.25) is 0 Å². The Morgan fingerprint density at radius 1 is 1.00 bits per heavy atom. The Morgan fingerprint density at radius 3 is 2.35 bits per heavy atom. The lowest BCUT2D eigenvalue weighted by Gasteiger charge is -2.15. The van der Waals surface area contributed by atoms with Gasteiger partial charge in [-0.2, -0.15) is 0 Å². The van der Waals surface area contributed by atoms with Crippen molar-refractivity contribution in [2.45, 2.75) is 12.4 Å². The molecule has 0 spiro atoms. The normalized spacial score (nSPS) is 13.1. The van der Waals surface area contributed by atoms with E-state index in [0.717, 1.165) is 12.1 Å². The number of ether oxygens (including phenoxy) is 1. The smallest absolute Gasteiger partial charge is 0.406 e. The van der Waals surface area contributed by atoms with Crippen LogP contribution in [0.3, 0.4) is 0 Å². The van der Waals surface area contributed by atoms with E-state index in [4.69, 9.17) is 5.73 Å². The van der Waals surface area contributed by atoms with Gasteiger partial charge in [0.05, 0.1) is 6.04 Å². The van der Waals surface area contributed by atoms with Crippen LogP contribution in [0.4, 0.5) is 17.6 Å². The zero-order valence-electron chi connectivity index (χ0n) is 10.2. The van der Waals surface area contributed by atoms with Crippen LogP contribution in [-0.4, -0.2) is 6.36 Å². The molecule has 0 aromatic heterocycles. The van der Waals surface area contributed by atoms with Crippen molar-refractivity contribution in [3.05, 3.63) is 65.5 Å². The minimum Gasteiger partial charge on any atom is -0.406 e. The van der Waals surface area contributed by atoms with Crippen molar-refractivity contribution in [2.24, 2.45) is 5.73 Å². The van der Waals surface area contributed by atoms with E-state index >= 15 is 0 Å². The minimum absolute atomic E-state index is 0.205. The van der Waals surface area contributed by atoms with Crippen LogP contribution in [0.25, 0.3) is 0 Å². The molecular weight excluding hydrogens is 274 g/mol. The molecule has 0 saturated carbocycles. The highest BCUT2D eigenvalue weighted by Gasteiger charge is 2.31. The first-order valence-corrected chi connectivity index (χ1v) is 5.72. The molecular formula is C14H11F4NO. The Bertz CT molecular complexity index is 598. The largest absolute Gasteiger partial charge is 0.573 e. The Labute approximate surface area is 112 Å². The highest BCUT2D eigenvalue weighted by molar-refractivity contribution is 5.36. The van der Waals surface area contributed by atoms with Crippen LogP contribution >= 0.6 is 0 Å². The second kappa shape index (κ2) is 5.50. The lowest BCUT2D eigenvalue weighted by molar-refractivity contribution is -0.274. The second-order valence-corrected chi connectivity index (χ2v) is 4.12. The molecule has 0 fully saturated rings. The van der Waals surface area contributed by atoms with E-state index in [1.165, 1.54) is 30.3 Å². The summed E-state index contributed by atoms with van der Waals surface area (Å²) in [6.45, 7) is 0. The number of hydrogen-bond donors (Lipinski definition) is 1. The summed E-state index contributed by atoms with van der Waals surface area (Å²) in [6.07, 6.45) is -4.78. The monoisotopic (exact) mass is 285 g/mol. The molecule has 0 heterocycles. The molecule has 0 aliphatic carbocycles. The molecule has 2 rings (SSSR count). The fourth-order valence-electron chi connectivity index (χ4n) is 1.81. The van der Waals surface area contributed by atoms with Gasteiger partial charge >= 0.3 is 6.36 Å². The van der Waals surface area contributed by atoms with Crippen LogP contribution in [0.2, 0.25) is 0 Å². The summed E-state index contributed by atoms with van der Waals surface area (Å²) in [5, 5.41) is 0. The lowest BCUT2D eigenvalue weighted by atomic mass is 9.99. The van der Waals surface area contributed by atoms with Crippen LogP contribution in [0.1, 0.15) is 17.2 Å². The number of alkyl halides is 3. The van der Waals surface area contributed by atoms with Gasteiger partial charge in [0, 0.05) is 5.56 Å². The molecule has 0 aliphatic rings. The van der Waals surface area contributed by atoms with E-state index in [-0.39, 0.29) is 11.3 Å². The third-order valence-electron chi connectivity index (χ3n) is 2.69. The van der Waals surface area contributed by atoms with Crippen LogP contribution in [0, 0.1) is 5.82 Å². The van der Waals surface area contributed by atoms with E-state index < -0.39 is 18.2 Å². The summed E-state index contributed by atoms with van der Waals surface area (Å²) >= 11 is 0. The Hall–Kier alpha value is -2.08. The summed E-state index contributed by atoms with van der Waals surface area (Å²) in [5.41, 5.74) is 6.41. The predicted octanol–water partition coefficient (Wildman–Crippen LogP) is 3.77. The van der Waals surface area contributed by atoms with Gasteiger partial charge in [0.1, 0.15) is 11.6 Å². The maximum absolute atomic E-state index is 13.6. The number of benzene rings is 2. The highest BCUT2D eigenvalue weighted by Crippen LogP contribution is 2.28. The third kappa shape index (κ3) is 3.48. The predicted molar refractivity (Wildman–Crippen MR) is 65.6 cm³/mol. The fraction of sp³-hybridized carbons (Fsp3) is 0.143. The summed E-state index contributed by atoms with van der Waals surface area (Å²) in [5.74, 6) is -0.899. The van der Waals surface area contributed by atoms with Crippen molar-refractivity contribution >= 4 is 0 Å². The molecule has 2 aromatic rings. The Morgan fingerprint density at radius 2 is 1.70 bits per heavy atom. The zero-order valence-corrected chi connectivity index (χ0v) is 10.2. The van der Waals surface area contributed by atoms with Crippen LogP contribution in [0.5, 0.6) is 5.75 Å². The van der Waals surface area contributed by atoms with Crippen molar-refractivity contribution in [3.8, 4) is 5.75 Å². The van der Waals surface area contributed by atoms with Gasteiger partial charge in [0.2, 0.25) is 0 Å². The summed E-state index contributed by atoms with van der Waals surface area (Å²) in [6, 6.07) is 10.2. The first kappa shape index (κ1) is 14.3. The number of rotatable bonds is 3. The van der Waals surface area contributed by atoms with Crippen LogP contribution in [0.15, 0.2) is 48.5 Å². The quantitative estimate of drug-likeness (QED) is 0.871. The second-order valence-electron chi connectivity index (χ2n) is 4.12. The molecule has 6 heteroatoms. The molecule has 1 atom stereocenters. The van der Waals surface area contributed by atoms with Gasteiger partial charge in [0.15, 0.2) is 0 Å². The molecule has 2 nitrogen and oxygen atoms in total. The van der Waals surface area contributed by atoms with E-state index in [0.29, 0.717) is 5.56 Å². The first-order valence-electron chi connectivity index (χ1n) is 5.72. The Kier molecular flexibility index (Phi) is 3.94. The molecule has 2 N–H and O–H groups in total. The van der Waals surface area contributed by atoms with E-state index in [9.17, 15) is 17.6 Å². The standard InChI is InChI=1S/C14H11F4NO/c15-12-7-2-1-6-11(12)13(19)9-4-3-5-10(8-9)20-14(16,17)18/h1-8,13H,19H2. The Balaban J connectivity index is 2.29. The summed E-state index contributed by atoms with van der Waals surface area (Å²) in [4.78, 5) is 0. The van der Waals surface area contributed by atoms with E-state index in [2.05, 4.69) is 4.74 Å². The molecule has 0 saturated heterocycles. The van der Waals surface area contributed by atoms with Crippen molar-refractivity contribution in [3.63, 3.8) is 0 Å². The lowest BCUT2D eigenvalue weighted by Crippen LogP contribution is -2.18. The van der Waals surface area contributed by atoms with Gasteiger partial charge in [-0.25, -0.2) is 4.39 Å². The van der Waals surface area contributed by atoms with Gasteiger partial charge < -0.3 is 10.5 Å². The minimum atomic E-state index is -4.78. The van der Waals surface area contributed by atoms with E-state index in [1.807, 2.05) is 0 Å². The van der Waals surface area contributed by atoms with Gasteiger partial charge in [-0.05, 0) is 23.8 Å². The topological polar surface area (TPSA) is 35.2 Å². The molecule has 1 unspecified atom stereocenters. The SMILES string of the molecule is NC(c1cccc(OC(F)(F)F)c1)c1ccccc1F. The molecule has 0 radical (unpaired) electrons. The van der Waals surface area contributed by atoms with Crippen LogP contribution < -0.4 is 10.5 Å². The molecule has 0 bridgehead atoms. The van der Waals surface area contributed by atoms with Crippen molar-refractivity contribution in [2.75, 3.05) is 0 Å². The average molecular weight is 285 g/mol. The average Bonchev–Trinajstić information content (AvgIpc) is 2.37. The highest BCUT2D eigenvalue weighted by atomic mass is 19.4. The third-order valence-corrected chi connectivity index (χ3v) is 2.69. The van der Waals surface area contributed by atoms with E-state index in [1.54, 1.807) is 6.07 Å². The molecule has 0 amide bonds. The number of halogens is 4. The first-order chi connectivity index (χ1) is 9.37. The summed E-state index contributed by atoms with van der Waals surface area (Å²) < 4.78 is 53.9. The zero-order chi connectivity index (χ0) is 14.8. The van der Waals surface area contributed by atoms with Crippen molar-refractivity contribution < 1.29 is 22.3 Å². The molecule has 20 heavy (non-hydrogen) atoms. The fourth-order valence-corrected chi connectivity index (χ4v) is 1.81. The molecule has 2 aromatic carbocycles. The summed E-state index contributed by atoms with van der Waals surface area (Å²) in [7, 11) is 0. The number of nitrogens with two attached hydrogens (primary N) is 1. The molecule has 0 aliphatic heterocycles. The van der Waals surface area contributed by atoms with Crippen molar-refractivity contribution in [1.82, 2.24) is 0 Å². The van der Waals surface area contributed by atoms with Crippen LogP contribution in [-0.2, 0) is 0 Å². The van der Waals surface area contributed by atoms with Gasteiger partial charge in [0.25, 0.3) is 0 Å². The number of hydrogen-bond acceptors (Lipinski definition) is 2.